The average Bonchev–Trinajstić information content (AvgIpc) is 2.15. The molecule has 0 aliphatic carbocycles. The summed E-state index contributed by atoms with van der Waals surface area (Å²) in [5.74, 6) is -1.07. The number of hydrogen-bond donors (Lipinski definition) is 3. The van der Waals surface area contributed by atoms with E-state index in [0.29, 0.717) is 6.42 Å². The molecule has 2 unspecified atom stereocenters. The second-order valence-corrected chi connectivity index (χ2v) is 3.25. The van der Waals surface area contributed by atoms with Crippen molar-refractivity contribution in [3.8, 4) is 6.07 Å². The summed E-state index contributed by atoms with van der Waals surface area (Å²) in [6, 6.07) is 0.801. The number of primary amides is 1. The van der Waals surface area contributed by atoms with Crippen LogP contribution in [0.3, 0.4) is 0 Å². The van der Waals surface area contributed by atoms with Gasteiger partial charge in [0.2, 0.25) is 11.8 Å². The number of carbonyl (C=O) groups is 2. The Bertz CT molecular complexity index is 272. The van der Waals surface area contributed by atoms with Crippen LogP contribution in [0, 0.1) is 11.3 Å². The second kappa shape index (κ2) is 6.79. The topological polar surface area (TPSA) is 122 Å². The quantitative estimate of drug-likeness (QED) is 0.522. The molecule has 0 aliphatic heterocycles. The van der Waals surface area contributed by atoms with E-state index in [-0.39, 0.29) is 18.9 Å². The van der Waals surface area contributed by atoms with E-state index in [0.717, 1.165) is 0 Å². The largest absolute Gasteiger partial charge is 0.370 e. The lowest BCUT2D eigenvalue weighted by Gasteiger charge is -2.16. The van der Waals surface area contributed by atoms with Gasteiger partial charge >= 0.3 is 0 Å². The van der Waals surface area contributed by atoms with Gasteiger partial charge in [-0.25, -0.2) is 0 Å². The molecule has 5 N–H and O–H groups in total. The summed E-state index contributed by atoms with van der Waals surface area (Å²) in [7, 11) is 0. The van der Waals surface area contributed by atoms with E-state index in [2.05, 4.69) is 5.32 Å². The number of rotatable bonds is 6. The van der Waals surface area contributed by atoms with Gasteiger partial charge in [0.15, 0.2) is 0 Å². The van der Waals surface area contributed by atoms with Crippen LogP contribution in [0.25, 0.3) is 0 Å². The minimum absolute atomic E-state index is 0.186. The Morgan fingerprint density at radius 2 is 2.13 bits per heavy atom. The van der Waals surface area contributed by atoms with Crippen LogP contribution >= 0.6 is 0 Å². The lowest BCUT2D eigenvalue weighted by molar-refractivity contribution is -0.126. The molecule has 0 saturated carbocycles. The Labute approximate surface area is 88.6 Å². The van der Waals surface area contributed by atoms with Crippen LogP contribution in [0.4, 0.5) is 0 Å². The Balaban J connectivity index is 4.10. The summed E-state index contributed by atoms with van der Waals surface area (Å²) in [5, 5.41) is 11.0. The summed E-state index contributed by atoms with van der Waals surface area (Å²) in [4.78, 5) is 21.9. The molecule has 0 aromatic carbocycles. The third kappa shape index (κ3) is 5.65. The SMILES string of the molecule is CCC(CC#N)NC(=O)C(N)CC(N)=O. The fraction of sp³-hybridized carbons (Fsp3) is 0.667. The van der Waals surface area contributed by atoms with Crippen LogP contribution in [-0.4, -0.2) is 23.9 Å². The van der Waals surface area contributed by atoms with Gasteiger partial charge in [-0.3, -0.25) is 9.59 Å². The van der Waals surface area contributed by atoms with Gasteiger partial charge in [0.25, 0.3) is 0 Å². The van der Waals surface area contributed by atoms with Crippen LogP contribution in [0.2, 0.25) is 0 Å². The minimum Gasteiger partial charge on any atom is -0.370 e. The van der Waals surface area contributed by atoms with Gasteiger partial charge in [0, 0.05) is 6.04 Å². The summed E-state index contributed by atoms with van der Waals surface area (Å²) < 4.78 is 0. The molecule has 84 valence electrons. The van der Waals surface area contributed by atoms with E-state index in [1.807, 2.05) is 13.0 Å². The molecule has 6 heteroatoms. The number of amides is 2. The minimum atomic E-state index is -0.935. The first-order valence-electron chi connectivity index (χ1n) is 4.72. The molecule has 0 radical (unpaired) electrons. The Kier molecular flexibility index (Phi) is 6.06. The molecule has 0 aromatic rings. The smallest absolute Gasteiger partial charge is 0.237 e. The lowest BCUT2D eigenvalue weighted by atomic mass is 10.1. The second-order valence-electron chi connectivity index (χ2n) is 3.25. The zero-order chi connectivity index (χ0) is 11.8. The Morgan fingerprint density at radius 3 is 2.53 bits per heavy atom. The van der Waals surface area contributed by atoms with Crippen molar-refractivity contribution in [2.45, 2.75) is 38.3 Å². The molecular weight excluding hydrogens is 196 g/mol. The molecule has 2 amide bonds. The number of nitrogens with two attached hydrogens (primary N) is 2. The van der Waals surface area contributed by atoms with Crippen molar-refractivity contribution in [1.29, 1.82) is 5.26 Å². The van der Waals surface area contributed by atoms with Gasteiger partial charge in [-0.2, -0.15) is 5.26 Å². The maximum Gasteiger partial charge on any atom is 0.237 e. The van der Waals surface area contributed by atoms with E-state index in [9.17, 15) is 9.59 Å². The normalized spacial score (nSPS) is 13.7. The molecule has 0 heterocycles. The van der Waals surface area contributed by atoms with Crippen LogP contribution in [-0.2, 0) is 9.59 Å². The summed E-state index contributed by atoms with van der Waals surface area (Å²) >= 11 is 0. The van der Waals surface area contributed by atoms with E-state index in [4.69, 9.17) is 16.7 Å². The average molecular weight is 212 g/mol. The van der Waals surface area contributed by atoms with Crippen molar-refractivity contribution in [3.05, 3.63) is 0 Å². The standard InChI is InChI=1S/C9H16N4O2/c1-2-6(3-4-10)13-9(15)7(11)5-8(12)14/h6-7H,2-3,5,11H2,1H3,(H2,12,14)(H,13,15). The predicted molar refractivity (Wildman–Crippen MR) is 54.2 cm³/mol. The molecule has 2 atom stereocenters. The fourth-order valence-electron chi connectivity index (χ4n) is 1.03. The summed E-state index contributed by atoms with van der Waals surface area (Å²) in [6.45, 7) is 1.85. The van der Waals surface area contributed by atoms with Gasteiger partial charge in [0.1, 0.15) is 0 Å². The maximum absolute atomic E-state index is 11.4. The first kappa shape index (κ1) is 13.4. The molecule has 0 aliphatic rings. The molecule has 0 spiro atoms. The third-order valence-corrected chi connectivity index (χ3v) is 1.93. The number of nitrogens with one attached hydrogen (secondary N) is 1. The van der Waals surface area contributed by atoms with E-state index < -0.39 is 17.9 Å². The van der Waals surface area contributed by atoms with Gasteiger partial charge < -0.3 is 16.8 Å². The highest BCUT2D eigenvalue weighted by molar-refractivity contribution is 5.87. The fourth-order valence-corrected chi connectivity index (χ4v) is 1.03. The molecule has 0 saturated heterocycles. The van der Waals surface area contributed by atoms with E-state index in [1.165, 1.54) is 0 Å². The molecular formula is C9H16N4O2. The first-order chi connectivity index (χ1) is 7.01. The van der Waals surface area contributed by atoms with Gasteiger partial charge in [-0.05, 0) is 6.42 Å². The highest BCUT2D eigenvalue weighted by Crippen LogP contribution is 1.97. The van der Waals surface area contributed by atoms with Crippen LogP contribution in [0.5, 0.6) is 0 Å². The van der Waals surface area contributed by atoms with Gasteiger partial charge in [-0.15, -0.1) is 0 Å². The molecule has 6 nitrogen and oxygen atoms in total. The monoisotopic (exact) mass is 212 g/mol. The van der Waals surface area contributed by atoms with Gasteiger partial charge in [-0.1, -0.05) is 6.92 Å². The highest BCUT2D eigenvalue weighted by Gasteiger charge is 2.18. The highest BCUT2D eigenvalue weighted by atomic mass is 16.2. The maximum atomic E-state index is 11.4. The number of carbonyl (C=O) groups excluding carboxylic acids is 2. The van der Waals surface area contributed by atoms with Crippen molar-refractivity contribution in [3.63, 3.8) is 0 Å². The Morgan fingerprint density at radius 1 is 1.53 bits per heavy atom. The summed E-state index contributed by atoms with van der Waals surface area (Å²) in [6.07, 6.45) is 0.683. The van der Waals surface area contributed by atoms with Crippen LogP contribution < -0.4 is 16.8 Å². The molecule has 0 bridgehead atoms. The molecule has 15 heavy (non-hydrogen) atoms. The molecule has 0 rings (SSSR count). The first-order valence-corrected chi connectivity index (χ1v) is 4.72. The zero-order valence-corrected chi connectivity index (χ0v) is 8.69. The number of nitriles is 1. The zero-order valence-electron chi connectivity index (χ0n) is 8.69. The molecule has 0 aromatic heterocycles. The third-order valence-electron chi connectivity index (χ3n) is 1.93. The predicted octanol–water partition coefficient (Wildman–Crippen LogP) is -1.00. The van der Waals surface area contributed by atoms with Crippen LogP contribution in [0.15, 0.2) is 0 Å². The number of nitrogens with zero attached hydrogens (tertiary/aromatic N) is 1. The van der Waals surface area contributed by atoms with Crippen LogP contribution in [0.1, 0.15) is 26.2 Å². The lowest BCUT2D eigenvalue weighted by Crippen LogP contribution is -2.46. The van der Waals surface area contributed by atoms with Crippen molar-refractivity contribution in [1.82, 2.24) is 5.32 Å². The molecule has 0 fully saturated rings. The number of hydrogen-bond acceptors (Lipinski definition) is 4. The van der Waals surface area contributed by atoms with E-state index >= 15 is 0 Å². The van der Waals surface area contributed by atoms with Crippen molar-refractivity contribution < 1.29 is 9.59 Å². The Hall–Kier alpha value is -1.61. The summed E-state index contributed by atoms with van der Waals surface area (Å²) in [5.41, 5.74) is 10.3. The van der Waals surface area contributed by atoms with Crippen molar-refractivity contribution in [2.24, 2.45) is 11.5 Å². The van der Waals surface area contributed by atoms with Crippen molar-refractivity contribution in [2.75, 3.05) is 0 Å². The van der Waals surface area contributed by atoms with Crippen molar-refractivity contribution >= 4 is 11.8 Å². The van der Waals surface area contributed by atoms with E-state index in [1.54, 1.807) is 0 Å². The van der Waals surface area contributed by atoms with Gasteiger partial charge in [0.05, 0.1) is 25.0 Å².